The molecule has 6 nitrogen and oxygen atoms in total. The molecule has 0 unspecified atom stereocenters. The van der Waals surface area contributed by atoms with Crippen LogP contribution in [0.3, 0.4) is 0 Å². The number of fused-ring (bicyclic) bond motifs is 1. The zero-order chi connectivity index (χ0) is 13.2. The van der Waals surface area contributed by atoms with Crippen molar-refractivity contribution in [3.8, 4) is 0 Å². The predicted molar refractivity (Wildman–Crippen MR) is 71.1 cm³/mol. The first-order valence-corrected chi connectivity index (χ1v) is 5.84. The van der Waals surface area contributed by atoms with Crippen molar-refractivity contribution in [2.75, 3.05) is 5.32 Å². The number of hydrogen-bond donors (Lipinski definition) is 2. The van der Waals surface area contributed by atoms with Crippen molar-refractivity contribution in [3.63, 3.8) is 0 Å². The van der Waals surface area contributed by atoms with E-state index >= 15 is 0 Å². The second kappa shape index (κ2) is 4.66. The monoisotopic (exact) mass is 273 g/mol. The molecule has 3 aromatic rings. The van der Waals surface area contributed by atoms with Gasteiger partial charge in [0.25, 0.3) is 5.91 Å². The minimum Gasteiger partial charge on any atom is -0.324 e. The van der Waals surface area contributed by atoms with E-state index in [-0.39, 0.29) is 10.8 Å². The van der Waals surface area contributed by atoms with Gasteiger partial charge in [0, 0.05) is 0 Å². The van der Waals surface area contributed by atoms with Gasteiger partial charge in [0.2, 0.25) is 5.95 Å². The molecule has 0 atom stereocenters. The number of amides is 1. The van der Waals surface area contributed by atoms with Crippen molar-refractivity contribution in [2.24, 2.45) is 0 Å². The average Bonchev–Trinajstić information content (AvgIpc) is 2.80. The van der Waals surface area contributed by atoms with Gasteiger partial charge < -0.3 is 4.98 Å². The molecule has 0 aliphatic carbocycles. The number of anilines is 1. The smallest absolute Gasteiger partial charge is 0.278 e. The summed E-state index contributed by atoms with van der Waals surface area (Å²) in [4.78, 5) is 26.8. The summed E-state index contributed by atoms with van der Waals surface area (Å²) in [5, 5.41) is 2.77. The van der Waals surface area contributed by atoms with Gasteiger partial charge in [-0.25, -0.2) is 9.97 Å². The van der Waals surface area contributed by atoms with Gasteiger partial charge in [0.05, 0.1) is 23.4 Å². The molecule has 3 rings (SSSR count). The van der Waals surface area contributed by atoms with Gasteiger partial charge in [0.1, 0.15) is 10.8 Å². The quantitative estimate of drug-likeness (QED) is 0.750. The molecule has 7 heteroatoms. The maximum Gasteiger partial charge on any atom is 0.278 e. The molecule has 0 aliphatic heterocycles. The Morgan fingerprint density at radius 2 is 2.05 bits per heavy atom. The van der Waals surface area contributed by atoms with E-state index in [1.807, 2.05) is 24.3 Å². The molecule has 0 saturated carbocycles. The lowest BCUT2D eigenvalue weighted by Crippen LogP contribution is -2.14. The fraction of sp³-hybridized carbons (Fsp3) is 0. The number of carbonyl (C=O) groups is 1. The second-order valence-corrected chi connectivity index (χ2v) is 4.17. The maximum atomic E-state index is 11.9. The Morgan fingerprint density at radius 3 is 2.84 bits per heavy atom. The standard InChI is InChI=1S/C12H8ClN5O/c13-10-6-14-5-9(15-10)11(19)18-12-16-7-3-1-2-4-8(7)17-12/h1-6H,(H2,16,17,18,19). The molecule has 0 fully saturated rings. The molecule has 2 aromatic heterocycles. The van der Waals surface area contributed by atoms with Crippen LogP contribution in [0.4, 0.5) is 5.95 Å². The number of nitrogens with zero attached hydrogens (tertiary/aromatic N) is 3. The highest BCUT2D eigenvalue weighted by Gasteiger charge is 2.11. The van der Waals surface area contributed by atoms with Gasteiger partial charge in [-0.3, -0.25) is 15.1 Å². The van der Waals surface area contributed by atoms with Crippen LogP contribution >= 0.6 is 11.6 Å². The Balaban J connectivity index is 1.86. The molecule has 0 saturated heterocycles. The van der Waals surface area contributed by atoms with Gasteiger partial charge in [-0.15, -0.1) is 0 Å². The molecule has 19 heavy (non-hydrogen) atoms. The fourth-order valence-electron chi connectivity index (χ4n) is 1.64. The van der Waals surface area contributed by atoms with E-state index in [0.29, 0.717) is 5.95 Å². The Morgan fingerprint density at radius 1 is 1.21 bits per heavy atom. The fourth-order valence-corrected chi connectivity index (χ4v) is 1.78. The van der Waals surface area contributed by atoms with Crippen molar-refractivity contribution >= 4 is 34.5 Å². The van der Waals surface area contributed by atoms with E-state index in [4.69, 9.17) is 11.6 Å². The Kier molecular flexibility index (Phi) is 2.85. The molecule has 1 amide bonds. The summed E-state index contributed by atoms with van der Waals surface area (Å²) in [6.07, 6.45) is 2.70. The van der Waals surface area contributed by atoms with Crippen LogP contribution in [0.2, 0.25) is 5.15 Å². The molecule has 0 spiro atoms. The summed E-state index contributed by atoms with van der Waals surface area (Å²) < 4.78 is 0. The Bertz CT molecular complexity index is 721. The normalized spacial score (nSPS) is 10.6. The topological polar surface area (TPSA) is 83.6 Å². The number of hydrogen-bond acceptors (Lipinski definition) is 4. The highest BCUT2D eigenvalue weighted by Crippen LogP contribution is 2.14. The molecule has 2 heterocycles. The van der Waals surface area contributed by atoms with Gasteiger partial charge in [-0.1, -0.05) is 23.7 Å². The number of H-pyrrole nitrogens is 1. The number of nitrogens with one attached hydrogen (secondary N) is 2. The van der Waals surface area contributed by atoms with Gasteiger partial charge in [0.15, 0.2) is 0 Å². The van der Waals surface area contributed by atoms with Crippen LogP contribution in [-0.4, -0.2) is 25.8 Å². The minimum atomic E-state index is -0.422. The number of aromatic nitrogens is 4. The van der Waals surface area contributed by atoms with Gasteiger partial charge in [-0.2, -0.15) is 0 Å². The van der Waals surface area contributed by atoms with E-state index in [0.717, 1.165) is 11.0 Å². The number of halogens is 1. The molecule has 1 aromatic carbocycles. The summed E-state index contributed by atoms with van der Waals surface area (Å²) in [7, 11) is 0. The number of benzene rings is 1. The van der Waals surface area contributed by atoms with E-state index in [1.165, 1.54) is 12.4 Å². The summed E-state index contributed by atoms with van der Waals surface area (Å²) in [6.45, 7) is 0. The summed E-state index contributed by atoms with van der Waals surface area (Å²) >= 11 is 5.68. The van der Waals surface area contributed by atoms with E-state index in [1.54, 1.807) is 0 Å². The molecule has 0 bridgehead atoms. The highest BCUT2D eigenvalue weighted by molar-refractivity contribution is 6.29. The molecular weight excluding hydrogens is 266 g/mol. The van der Waals surface area contributed by atoms with Crippen LogP contribution in [0, 0.1) is 0 Å². The van der Waals surface area contributed by atoms with Crippen LogP contribution in [0.5, 0.6) is 0 Å². The number of imidazole rings is 1. The first kappa shape index (κ1) is 11.6. The largest absolute Gasteiger partial charge is 0.324 e. The van der Waals surface area contributed by atoms with Crippen LogP contribution in [-0.2, 0) is 0 Å². The van der Waals surface area contributed by atoms with Crippen molar-refractivity contribution in [3.05, 3.63) is 47.5 Å². The van der Waals surface area contributed by atoms with E-state index in [2.05, 4.69) is 25.3 Å². The number of carbonyl (C=O) groups excluding carboxylic acids is 1. The lowest BCUT2D eigenvalue weighted by atomic mass is 10.3. The third-order valence-corrected chi connectivity index (χ3v) is 2.64. The van der Waals surface area contributed by atoms with Crippen LogP contribution in [0.25, 0.3) is 11.0 Å². The van der Waals surface area contributed by atoms with Crippen LogP contribution in [0.1, 0.15) is 10.5 Å². The SMILES string of the molecule is O=C(Nc1nc2ccccc2[nH]1)c1cncc(Cl)n1. The number of para-hydroxylation sites is 2. The lowest BCUT2D eigenvalue weighted by Gasteiger charge is -2.00. The highest BCUT2D eigenvalue weighted by atomic mass is 35.5. The summed E-state index contributed by atoms with van der Waals surface area (Å²) in [5.74, 6) is -0.0676. The van der Waals surface area contributed by atoms with Gasteiger partial charge in [-0.05, 0) is 12.1 Å². The van der Waals surface area contributed by atoms with Crippen molar-refractivity contribution in [2.45, 2.75) is 0 Å². The predicted octanol–water partition coefficient (Wildman–Crippen LogP) is 2.26. The van der Waals surface area contributed by atoms with Crippen LogP contribution < -0.4 is 5.32 Å². The van der Waals surface area contributed by atoms with E-state index < -0.39 is 5.91 Å². The molecule has 94 valence electrons. The maximum absolute atomic E-state index is 11.9. The molecular formula is C12H8ClN5O. The Hall–Kier alpha value is -2.47. The number of rotatable bonds is 2. The third-order valence-electron chi connectivity index (χ3n) is 2.46. The first-order chi connectivity index (χ1) is 9.22. The zero-order valence-corrected chi connectivity index (χ0v) is 10.3. The van der Waals surface area contributed by atoms with Gasteiger partial charge >= 0.3 is 0 Å². The van der Waals surface area contributed by atoms with Crippen molar-refractivity contribution in [1.29, 1.82) is 0 Å². The van der Waals surface area contributed by atoms with Crippen LogP contribution in [0.15, 0.2) is 36.7 Å². The van der Waals surface area contributed by atoms with Crippen molar-refractivity contribution < 1.29 is 4.79 Å². The average molecular weight is 274 g/mol. The molecule has 0 radical (unpaired) electrons. The summed E-state index contributed by atoms with van der Waals surface area (Å²) in [5.41, 5.74) is 1.75. The molecule has 2 N–H and O–H groups in total. The third kappa shape index (κ3) is 2.38. The summed E-state index contributed by atoms with van der Waals surface area (Å²) in [6, 6.07) is 7.48. The van der Waals surface area contributed by atoms with E-state index in [9.17, 15) is 4.79 Å². The number of aromatic amines is 1. The first-order valence-electron chi connectivity index (χ1n) is 5.46. The van der Waals surface area contributed by atoms with Crippen molar-refractivity contribution in [1.82, 2.24) is 19.9 Å². The molecule has 0 aliphatic rings. The lowest BCUT2D eigenvalue weighted by molar-refractivity contribution is 0.102. The Labute approximate surface area is 112 Å². The minimum absolute atomic E-state index is 0.132. The second-order valence-electron chi connectivity index (χ2n) is 3.78. The zero-order valence-electron chi connectivity index (χ0n) is 9.59.